The summed E-state index contributed by atoms with van der Waals surface area (Å²) in [5, 5.41) is 0. The number of hydrogen-bond acceptors (Lipinski definition) is 3. The standard InChI is InChI=1S/C14H20INO2/c1-11-9-16(10-12(2)18-11)7-8-17-14-5-3-13(15)4-6-14/h3-6,11-12H,7-10H2,1-2H3. The molecule has 0 bridgehead atoms. The van der Waals surface area contributed by atoms with Gasteiger partial charge in [0.05, 0.1) is 12.2 Å². The smallest absolute Gasteiger partial charge is 0.119 e. The fourth-order valence-corrected chi connectivity index (χ4v) is 2.65. The highest BCUT2D eigenvalue weighted by Gasteiger charge is 2.21. The van der Waals surface area contributed by atoms with E-state index in [1.807, 2.05) is 12.1 Å². The SMILES string of the molecule is CC1CN(CCOc2ccc(I)cc2)CC(C)O1. The van der Waals surface area contributed by atoms with Crippen LogP contribution in [0.4, 0.5) is 0 Å². The third kappa shape index (κ3) is 4.40. The van der Waals surface area contributed by atoms with Crippen LogP contribution in [0.3, 0.4) is 0 Å². The van der Waals surface area contributed by atoms with E-state index >= 15 is 0 Å². The quantitative estimate of drug-likeness (QED) is 0.770. The Morgan fingerprint density at radius 2 is 1.83 bits per heavy atom. The highest BCUT2D eigenvalue weighted by atomic mass is 127. The van der Waals surface area contributed by atoms with Gasteiger partial charge in [-0.25, -0.2) is 0 Å². The van der Waals surface area contributed by atoms with E-state index < -0.39 is 0 Å². The van der Waals surface area contributed by atoms with Crippen molar-refractivity contribution in [3.63, 3.8) is 0 Å². The minimum atomic E-state index is 0.326. The fraction of sp³-hybridized carbons (Fsp3) is 0.571. The van der Waals surface area contributed by atoms with E-state index in [0.717, 1.165) is 32.0 Å². The van der Waals surface area contributed by atoms with Crippen molar-refractivity contribution in [1.29, 1.82) is 0 Å². The van der Waals surface area contributed by atoms with E-state index in [-0.39, 0.29) is 0 Å². The first kappa shape index (κ1) is 14.1. The van der Waals surface area contributed by atoms with Crippen molar-refractivity contribution in [2.45, 2.75) is 26.1 Å². The molecule has 0 spiro atoms. The van der Waals surface area contributed by atoms with Crippen LogP contribution in [0, 0.1) is 3.57 Å². The van der Waals surface area contributed by atoms with Gasteiger partial charge < -0.3 is 9.47 Å². The Balaban J connectivity index is 1.73. The molecule has 1 aromatic carbocycles. The van der Waals surface area contributed by atoms with Gasteiger partial charge in [-0.15, -0.1) is 0 Å². The normalized spacial score (nSPS) is 25.1. The molecule has 1 aromatic rings. The molecule has 2 atom stereocenters. The number of nitrogens with zero attached hydrogens (tertiary/aromatic N) is 1. The van der Waals surface area contributed by atoms with Gasteiger partial charge in [0, 0.05) is 23.2 Å². The van der Waals surface area contributed by atoms with Gasteiger partial charge in [-0.1, -0.05) is 0 Å². The lowest BCUT2D eigenvalue weighted by Crippen LogP contribution is -2.46. The molecule has 1 aliphatic heterocycles. The number of hydrogen-bond donors (Lipinski definition) is 0. The topological polar surface area (TPSA) is 21.7 Å². The number of ether oxygens (including phenoxy) is 2. The van der Waals surface area contributed by atoms with Crippen LogP contribution in [0.25, 0.3) is 0 Å². The van der Waals surface area contributed by atoms with E-state index in [4.69, 9.17) is 9.47 Å². The Morgan fingerprint density at radius 3 is 2.44 bits per heavy atom. The Labute approximate surface area is 123 Å². The summed E-state index contributed by atoms with van der Waals surface area (Å²) in [6.45, 7) is 7.95. The first-order valence-corrected chi connectivity index (χ1v) is 7.47. The summed E-state index contributed by atoms with van der Waals surface area (Å²) in [5.74, 6) is 0.949. The number of morpholine rings is 1. The summed E-state index contributed by atoms with van der Waals surface area (Å²) in [7, 11) is 0. The molecule has 0 saturated carbocycles. The van der Waals surface area contributed by atoms with Gasteiger partial charge in [-0.05, 0) is 60.7 Å². The number of rotatable bonds is 4. The molecular weight excluding hydrogens is 341 g/mol. The van der Waals surface area contributed by atoms with Crippen molar-refractivity contribution in [1.82, 2.24) is 4.90 Å². The van der Waals surface area contributed by atoms with Crippen molar-refractivity contribution in [2.75, 3.05) is 26.2 Å². The average Bonchev–Trinajstić information content (AvgIpc) is 2.30. The van der Waals surface area contributed by atoms with E-state index in [9.17, 15) is 0 Å². The lowest BCUT2D eigenvalue weighted by Gasteiger charge is -2.35. The van der Waals surface area contributed by atoms with Crippen LogP contribution in [-0.2, 0) is 4.74 Å². The molecule has 2 rings (SSSR count). The molecule has 1 saturated heterocycles. The van der Waals surface area contributed by atoms with Crippen molar-refractivity contribution < 1.29 is 9.47 Å². The minimum Gasteiger partial charge on any atom is -0.492 e. The van der Waals surface area contributed by atoms with Crippen molar-refractivity contribution in [2.24, 2.45) is 0 Å². The van der Waals surface area contributed by atoms with Crippen LogP contribution in [0.5, 0.6) is 5.75 Å². The van der Waals surface area contributed by atoms with Crippen LogP contribution >= 0.6 is 22.6 Å². The van der Waals surface area contributed by atoms with Crippen molar-refractivity contribution in [3.8, 4) is 5.75 Å². The number of halogens is 1. The van der Waals surface area contributed by atoms with Gasteiger partial charge in [0.1, 0.15) is 12.4 Å². The maximum absolute atomic E-state index is 5.75. The molecule has 0 aromatic heterocycles. The molecule has 1 fully saturated rings. The van der Waals surface area contributed by atoms with E-state index in [2.05, 4.69) is 53.5 Å². The zero-order valence-electron chi connectivity index (χ0n) is 10.9. The number of benzene rings is 1. The van der Waals surface area contributed by atoms with Gasteiger partial charge in [0.25, 0.3) is 0 Å². The molecule has 4 heteroatoms. The van der Waals surface area contributed by atoms with Crippen LogP contribution in [-0.4, -0.2) is 43.3 Å². The second kappa shape index (κ2) is 6.73. The Bertz CT molecular complexity index is 359. The summed E-state index contributed by atoms with van der Waals surface area (Å²) in [5.41, 5.74) is 0. The van der Waals surface area contributed by atoms with Gasteiger partial charge >= 0.3 is 0 Å². The molecule has 0 amide bonds. The highest BCUT2D eigenvalue weighted by Crippen LogP contribution is 2.14. The zero-order valence-corrected chi connectivity index (χ0v) is 13.1. The largest absolute Gasteiger partial charge is 0.492 e. The van der Waals surface area contributed by atoms with Gasteiger partial charge in [0.2, 0.25) is 0 Å². The van der Waals surface area contributed by atoms with Crippen LogP contribution < -0.4 is 4.74 Å². The van der Waals surface area contributed by atoms with Crippen LogP contribution in [0.1, 0.15) is 13.8 Å². The molecule has 0 radical (unpaired) electrons. The summed E-state index contributed by atoms with van der Waals surface area (Å²) in [6.07, 6.45) is 0.652. The monoisotopic (exact) mass is 361 g/mol. The first-order chi connectivity index (χ1) is 8.63. The van der Waals surface area contributed by atoms with Crippen molar-refractivity contribution in [3.05, 3.63) is 27.8 Å². The second-order valence-corrected chi connectivity index (χ2v) is 6.06. The first-order valence-electron chi connectivity index (χ1n) is 6.39. The average molecular weight is 361 g/mol. The van der Waals surface area contributed by atoms with Crippen LogP contribution in [0.15, 0.2) is 24.3 Å². The maximum atomic E-state index is 5.75. The van der Waals surface area contributed by atoms with Gasteiger partial charge in [-0.2, -0.15) is 0 Å². The Morgan fingerprint density at radius 1 is 1.22 bits per heavy atom. The molecule has 0 aliphatic carbocycles. The summed E-state index contributed by atoms with van der Waals surface area (Å²) in [4.78, 5) is 2.41. The van der Waals surface area contributed by atoms with E-state index in [0.29, 0.717) is 12.2 Å². The van der Waals surface area contributed by atoms with Gasteiger partial charge in [0.15, 0.2) is 0 Å². The fourth-order valence-electron chi connectivity index (χ4n) is 2.29. The summed E-state index contributed by atoms with van der Waals surface area (Å²) < 4.78 is 12.7. The molecule has 18 heavy (non-hydrogen) atoms. The molecule has 100 valence electrons. The van der Waals surface area contributed by atoms with Gasteiger partial charge in [-0.3, -0.25) is 4.90 Å². The maximum Gasteiger partial charge on any atom is 0.119 e. The zero-order chi connectivity index (χ0) is 13.0. The highest BCUT2D eigenvalue weighted by molar-refractivity contribution is 14.1. The lowest BCUT2D eigenvalue weighted by molar-refractivity contribution is -0.0699. The molecule has 2 unspecified atom stereocenters. The van der Waals surface area contributed by atoms with Crippen molar-refractivity contribution >= 4 is 22.6 Å². The predicted molar refractivity (Wildman–Crippen MR) is 81.1 cm³/mol. The predicted octanol–water partition coefficient (Wildman–Crippen LogP) is 2.78. The second-order valence-electron chi connectivity index (χ2n) is 4.82. The molecule has 0 N–H and O–H groups in total. The molecule has 1 heterocycles. The Kier molecular flexibility index (Phi) is 5.26. The van der Waals surface area contributed by atoms with Crippen LogP contribution in [0.2, 0.25) is 0 Å². The molecular formula is C14H20INO2. The minimum absolute atomic E-state index is 0.326. The third-order valence-electron chi connectivity index (χ3n) is 2.99. The third-order valence-corrected chi connectivity index (χ3v) is 3.70. The van der Waals surface area contributed by atoms with E-state index in [1.54, 1.807) is 0 Å². The summed E-state index contributed by atoms with van der Waals surface area (Å²) in [6, 6.07) is 8.17. The van der Waals surface area contributed by atoms with E-state index in [1.165, 1.54) is 3.57 Å². The Hall–Kier alpha value is -0.330. The molecule has 1 aliphatic rings. The lowest BCUT2D eigenvalue weighted by atomic mass is 10.2. The molecule has 3 nitrogen and oxygen atoms in total. The summed E-state index contributed by atoms with van der Waals surface area (Å²) >= 11 is 2.30.